The lowest BCUT2D eigenvalue weighted by molar-refractivity contribution is 0.294. The molecule has 24 heavy (non-hydrogen) atoms. The SMILES string of the molecule is CCCOc1cc(Br)c(CNCCc2ccc(Cl)cc2)cc1OC. The second-order valence-electron chi connectivity index (χ2n) is 5.50. The first-order valence-corrected chi connectivity index (χ1v) is 9.25. The van der Waals surface area contributed by atoms with Gasteiger partial charge in [0, 0.05) is 16.0 Å². The molecular formula is C19H23BrClNO2. The van der Waals surface area contributed by atoms with Gasteiger partial charge < -0.3 is 14.8 Å². The summed E-state index contributed by atoms with van der Waals surface area (Å²) >= 11 is 9.52. The lowest BCUT2D eigenvalue weighted by Gasteiger charge is -2.14. The van der Waals surface area contributed by atoms with Crippen molar-refractivity contribution in [2.24, 2.45) is 0 Å². The summed E-state index contributed by atoms with van der Waals surface area (Å²) in [5.41, 5.74) is 2.42. The molecular weight excluding hydrogens is 390 g/mol. The Balaban J connectivity index is 1.90. The average molecular weight is 413 g/mol. The molecule has 130 valence electrons. The summed E-state index contributed by atoms with van der Waals surface area (Å²) in [7, 11) is 1.67. The van der Waals surface area contributed by atoms with E-state index < -0.39 is 0 Å². The highest BCUT2D eigenvalue weighted by atomic mass is 79.9. The highest BCUT2D eigenvalue weighted by Gasteiger charge is 2.10. The van der Waals surface area contributed by atoms with Gasteiger partial charge in [-0.3, -0.25) is 0 Å². The minimum Gasteiger partial charge on any atom is -0.493 e. The van der Waals surface area contributed by atoms with Gasteiger partial charge in [-0.15, -0.1) is 0 Å². The van der Waals surface area contributed by atoms with E-state index in [1.165, 1.54) is 5.56 Å². The highest BCUT2D eigenvalue weighted by molar-refractivity contribution is 9.10. The van der Waals surface area contributed by atoms with E-state index in [-0.39, 0.29) is 0 Å². The molecule has 0 amide bonds. The van der Waals surface area contributed by atoms with Crippen LogP contribution in [0.1, 0.15) is 24.5 Å². The molecule has 0 unspecified atom stereocenters. The van der Waals surface area contributed by atoms with Gasteiger partial charge in [-0.1, -0.05) is 46.6 Å². The van der Waals surface area contributed by atoms with Crippen molar-refractivity contribution in [2.45, 2.75) is 26.3 Å². The van der Waals surface area contributed by atoms with E-state index in [0.29, 0.717) is 6.61 Å². The third-order valence-corrected chi connectivity index (χ3v) is 4.60. The van der Waals surface area contributed by atoms with Gasteiger partial charge >= 0.3 is 0 Å². The van der Waals surface area contributed by atoms with Crippen molar-refractivity contribution in [3.8, 4) is 11.5 Å². The second-order valence-corrected chi connectivity index (χ2v) is 6.79. The Morgan fingerprint density at radius 1 is 1.12 bits per heavy atom. The molecule has 0 saturated carbocycles. The summed E-state index contributed by atoms with van der Waals surface area (Å²) in [4.78, 5) is 0. The normalized spacial score (nSPS) is 10.7. The lowest BCUT2D eigenvalue weighted by Crippen LogP contribution is -2.17. The second kappa shape index (κ2) is 9.92. The number of nitrogens with one attached hydrogen (secondary N) is 1. The fourth-order valence-corrected chi connectivity index (χ4v) is 2.89. The maximum absolute atomic E-state index is 5.90. The van der Waals surface area contributed by atoms with Crippen LogP contribution < -0.4 is 14.8 Å². The van der Waals surface area contributed by atoms with Crippen molar-refractivity contribution in [1.29, 1.82) is 0 Å². The summed E-state index contributed by atoms with van der Waals surface area (Å²) in [5, 5.41) is 4.23. The van der Waals surface area contributed by atoms with Gasteiger partial charge in [0.2, 0.25) is 0 Å². The van der Waals surface area contributed by atoms with Crippen LogP contribution in [-0.4, -0.2) is 20.3 Å². The molecule has 3 nitrogen and oxygen atoms in total. The molecule has 2 aromatic rings. The molecule has 0 heterocycles. The molecule has 0 bridgehead atoms. The van der Waals surface area contributed by atoms with E-state index >= 15 is 0 Å². The van der Waals surface area contributed by atoms with E-state index in [4.69, 9.17) is 21.1 Å². The number of benzene rings is 2. The molecule has 0 fully saturated rings. The van der Waals surface area contributed by atoms with Crippen molar-refractivity contribution in [1.82, 2.24) is 5.32 Å². The van der Waals surface area contributed by atoms with Crippen molar-refractivity contribution in [3.63, 3.8) is 0 Å². The van der Waals surface area contributed by atoms with Crippen LogP contribution in [0.25, 0.3) is 0 Å². The molecule has 0 aromatic heterocycles. The van der Waals surface area contributed by atoms with Crippen LogP contribution >= 0.6 is 27.5 Å². The summed E-state index contributed by atoms with van der Waals surface area (Å²) in [6, 6.07) is 12.0. The first kappa shape index (κ1) is 19.1. The quantitative estimate of drug-likeness (QED) is 0.572. The molecule has 1 N–H and O–H groups in total. The van der Waals surface area contributed by atoms with Gasteiger partial charge in [-0.25, -0.2) is 0 Å². The van der Waals surface area contributed by atoms with Crippen LogP contribution in [-0.2, 0) is 13.0 Å². The standard InChI is InChI=1S/C19H23BrClNO2/c1-3-10-24-19-12-17(20)15(11-18(19)23-2)13-22-9-8-14-4-6-16(21)7-5-14/h4-7,11-12,22H,3,8-10,13H2,1-2H3. The highest BCUT2D eigenvalue weighted by Crippen LogP contribution is 2.33. The van der Waals surface area contributed by atoms with Crippen molar-refractivity contribution < 1.29 is 9.47 Å². The number of hydrogen-bond donors (Lipinski definition) is 1. The van der Waals surface area contributed by atoms with Crippen molar-refractivity contribution >= 4 is 27.5 Å². The van der Waals surface area contributed by atoms with Crippen LogP contribution in [0.15, 0.2) is 40.9 Å². The maximum atomic E-state index is 5.90. The van der Waals surface area contributed by atoms with E-state index in [1.54, 1.807) is 7.11 Å². The predicted octanol–water partition coefficient (Wildman–Crippen LogP) is 5.23. The molecule has 0 aliphatic carbocycles. The smallest absolute Gasteiger partial charge is 0.162 e. The van der Waals surface area contributed by atoms with E-state index in [2.05, 4.69) is 40.3 Å². The van der Waals surface area contributed by atoms with Crippen LogP contribution in [0.3, 0.4) is 0 Å². The zero-order valence-corrected chi connectivity index (χ0v) is 16.4. The van der Waals surface area contributed by atoms with Crippen LogP contribution in [0.2, 0.25) is 5.02 Å². The Labute approximate surface area is 157 Å². The molecule has 0 atom stereocenters. The monoisotopic (exact) mass is 411 g/mol. The Morgan fingerprint density at radius 3 is 2.54 bits per heavy atom. The van der Waals surface area contributed by atoms with Crippen LogP contribution in [0.5, 0.6) is 11.5 Å². The van der Waals surface area contributed by atoms with Crippen molar-refractivity contribution in [3.05, 3.63) is 57.0 Å². The molecule has 0 saturated heterocycles. The summed E-state index contributed by atoms with van der Waals surface area (Å²) in [6.45, 7) is 4.42. The fourth-order valence-electron chi connectivity index (χ4n) is 2.30. The van der Waals surface area contributed by atoms with Crippen LogP contribution in [0.4, 0.5) is 0 Å². The van der Waals surface area contributed by atoms with E-state index in [0.717, 1.165) is 52.5 Å². The van der Waals surface area contributed by atoms with Crippen LogP contribution in [0, 0.1) is 0 Å². The fraction of sp³-hybridized carbons (Fsp3) is 0.368. The Hall–Kier alpha value is -1.23. The van der Waals surface area contributed by atoms with Gasteiger partial charge in [0.1, 0.15) is 0 Å². The molecule has 0 radical (unpaired) electrons. The number of halogens is 2. The molecule has 0 spiro atoms. The number of ether oxygens (including phenoxy) is 2. The molecule has 2 aromatic carbocycles. The lowest BCUT2D eigenvalue weighted by atomic mass is 10.1. The zero-order valence-electron chi connectivity index (χ0n) is 14.1. The number of methoxy groups -OCH3 is 1. The summed E-state index contributed by atoms with van der Waals surface area (Å²) in [5.74, 6) is 1.54. The van der Waals surface area contributed by atoms with Gasteiger partial charge in [-0.2, -0.15) is 0 Å². The molecule has 2 rings (SSSR count). The molecule has 0 aliphatic heterocycles. The largest absolute Gasteiger partial charge is 0.493 e. The summed E-state index contributed by atoms with van der Waals surface area (Å²) < 4.78 is 12.2. The zero-order chi connectivity index (χ0) is 17.4. The molecule has 0 aliphatic rings. The Morgan fingerprint density at radius 2 is 1.88 bits per heavy atom. The Bertz CT molecular complexity index is 647. The third-order valence-electron chi connectivity index (χ3n) is 3.61. The third kappa shape index (κ3) is 5.69. The average Bonchev–Trinajstić information content (AvgIpc) is 2.59. The van der Waals surface area contributed by atoms with E-state index in [1.807, 2.05) is 24.3 Å². The number of rotatable bonds is 9. The predicted molar refractivity (Wildman–Crippen MR) is 103 cm³/mol. The first-order valence-electron chi connectivity index (χ1n) is 8.08. The van der Waals surface area contributed by atoms with Crippen molar-refractivity contribution in [2.75, 3.05) is 20.3 Å². The minimum atomic E-state index is 0.682. The Kier molecular flexibility index (Phi) is 7.89. The van der Waals surface area contributed by atoms with Gasteiger partial charge in [0.05, 0.1) is 13.7 Å². The van der Waals surface area contributed by atoms with Gasteiger partial charge in [0.25, 0.3) is 0 Å². The summed E-state index contributed by atoms with van der Waals surface area (Å²) in [6.07, 6.45) is 1.93. The minimum absolute atomic E-state index is 0.682. The van der Waals surface area contributed by atoms with Gasteiger partial charge in [0.15, 0.2) is 11.5 Å². The van der Waals surface area contributed by atoms with Gasteiger partial charge in [-0.05, 0) is 54.8 Å². The first-order chi connectivity index (χ1) is 11.6. The molecule has 5 heteroatoms. The topological polar surface area (TPSA) is 30.5 Å². The maximum Gasteiger partial charge on any atom is 0.162 e. The number of hydrogen-bond acceptors (Lipinski definition) is 3. The van der Waals surface area contributed by atoms with E-state index in [9.17, 15) is 0 Å².